The molecule has 4 rings (SSSR count). The summed E-state index contributed by atoms with van der Waals surface area (Å²) in [6.07, 6.45) is 7.65. The van der Waals surface area contributed by atoms with Gasteiger partial charge in [0, 0.05) is 10.6 Å². The highest BCUT2D eigenvalue weighted by Crippen LogP contribution is 2.35. The molecule has 0 bridgehead atoms. The van der Waals surface area contributed by atoms with Crippen molar-refractivity contribution in [1.82, 2.24) is 4.57 Å². The van der Waals surface area contributed by atoms with Crippen LogP contribution in [-0.4, -0.2) is 16.6 Å². The largest absolute Gasteiger partial charge is 0.459 e. The van der Waals surface area contributed by atoms with E-state index in [0.29, 0.717) is 24.3 Å². The molecule has 0 N–H and O–H groups in total. The molecule has 2 heterocycles. The molecule has 156 valence electrons. The van der Waals surface area contributed by atoms with Crippen molar-refractivity contribution in [2.75, 3.05) is 0 Å². The zero-order valence-corrected chi connectivity index (χ0v) is 18.5. The summed E-state index contributed by atoms with van der Waals surface area (Å²) in [5, 5.41) is 0.736. The van der Waals surface area contributed by atoms with E-state index in [1.807, 2.05) is 24.3 Å². The third kappa shape index (κ3) is 4.37. The van der Waals surface area contributed by atoms with E-state index < -0.39 is 0 Å². The summed E-state index contributed by atoms with van der Waals surface area (Å²) in [4.78, 5) is 12.9. The van der Waals surface area contributed by atoms with Crippen molar-refractivity contribution < 1.29 is 14.1 Å². The second kappa shape index (κ2) is 8.51. The van der Waals surface area contributed by atoms with E-state index in [-0.39, 0.29) is 12.1 Å². The maximum Gasteiger partial charge on any atom is 0.348 e. The third-order valence-corrected chi connectivity index (χ3v) is 6.93. The Morgan fingerprint density at radius 1 is 1.28 bits per heavy atom. The van der Waals surface area contributed by atoms with Gasteiger partial charge in [0.25, 0.3) is 5.82 Å². The Morgan fingerprint density at radius 3 is 2.76 bits per heavy atom. The zero-order valence-electron chi connectivity index (χ0n) is 17.7. The second-order valence-corrected chi connectivity index (χ2v) is 9.61. The van der Waals surface area contributed by atoms with Gasteiger partial charge < -0.3 is 4.74 Å². The molecule has 1 fully saturated rings. The van der Waals surface area contributed by atoms with E-state index in [1.165, 1.54) is 12.2 Å². The third-order valence-electron chi connectivity index (χ3n) is 6.68. The fourth-order valence-corrected chi connectivity index (χ4v) is 5.22. The van der Waals surface area contributed by atoms with Gasteiger partial charge in [0.15, 0.2) is 12.2 Å². The zero-order chi connectivity index (χ0) is 20.5. The molecular formula is C24H32ClN2O2+. The van der Waals surface area contributed by atoms with E-state index in [2.05, 4.69) is 36.1 Å². The van der Waals surface area contributed by atoms with Crippen LogP contribution in [-0.2, 0) is 29.0 Å². The van der Waals surface area contributed by atoms with Crippen molar-refractivity contribution in [1.29, 1.82) is 0 Å². The second-order valence-electron chi connectivity index (χ2n) is 9.17. The molecule has 1 aliphatic heterocycles. The first-order valence-electron chi connectivity index (χ1n) is 11.0. The van der Waals surface area contributed by atoms with E-state index >= 15 is 0 Å². The fraction of sp³-hybridized carbons (Fsp3) is 0.583. The summed E-state index contributed by atoms with van der Waals surface area (Å²) < 4.78 is 10.5. The molecule has 4 nitrogen and oxygen atoms in total. The number of esters is 1. The number of nitrogens with zero attached hydrogens (tertiary/aromatic N) is 2. The fourth-order valence-electron chi connectivity index (χ4n) is 5.09. The van der Waals surface area contributed by atoms with Gasteiger partial charge in [-0.1, -0.05) is 38.8 Å². The lowest BCUT2D eigenvalue weighted by atomic mass is 9.75. The van der Waals surface area contributed by atoms with Crippen molar-refractivity contribution >= 4 is 17.6 Å². The number of aromatic nitrogens is 2. The Bertz CT molecular complexity index is 872. The molecule has 2 aromatic rings. The molecule has 2 aliphatic rings. The van der Waals surface area contributed by atoms with Crippen molar-refractivity contribution in [2.45, 2.75) is 72.1 Å². The summed E-state index contributed by atoms with van der Waals surface area (Å²) in [6.45, 7) is 8.04. The van der Waals surface area contributed by atoms with Crippen molar-refractivity contribution in [3.8, 4) is 11.3 Å². The molecule has 0 amide bonds. The van der Waals surface area contributed by atoms with Crippen molar-refractivity contribution in [2.24, 2.45) is 17.8 Å². The first-order chi connectivity index (χ1) is 13.9. The Balaban J connectivity index is 1.51. The number of ether oxygens (including phenoxy) is 1. The van der Waals surface area contributed by atoms with Crippen LogP contribution in [0.4, 0.5) is 0 Å². The number of rotatable bonds is 5. The average Bonchev–Trinajstić information content (AvgIpc) is 3.26. The average molecular weight is 416 g/mol. The first-order valence-corrected chi connectivity index (χ1v) is 11.4. The van der Waals surface area contributed by atoms with Gasteiger partial charge in [-0.25, -0.2) is 13.9 Å². The highest BCUT2D eigenvalue weighted by molar-refractivity contribution is 6.30. The van der Waals surface area contributed by atoms with Crippen molar-refractivity contribution in [3.05, 3.63) is 41.3 Å². The maximum absolute atomic E-state index is 12.9. The van der Waals surface area contributed by atoms with E-state index in [4.69, 9.17) is 16.3 Å². The molecule has 0 spiro atoms. The number of hydrogen-bond acceptors (Lipinski definition) is 2. The van der Waals surface area contributed by atoms with Gasteiger partial charge in [-0.2, -0.15) is 0 Å². The molecule has 1 saturated carbocycles. The van der Waals surface area contributed by atoms with Gasteiger partial charge in [0.1, 0.15) is 12.3 Å². The molecule has 29 heavy (non-hydrogen) atoms. The Hall–Kier alpha value is -1.81. The normalized spacial score (nSPS) is 24.0. The standard InChI is InChI=1S/C24H32ClN2O2/c1-16(2)20-11-6-17(3)13-22(20)29-24(28)15-26-14-21(27-12-4-5-23(26)27)18-7-9-19(25)10-8-18/h7-10,14,16-17,20,22H,4-6,11-13,15H2,1-3H3/q+1/t17-,20-,22+/m1/s1. The molecule has 5 heteroatoms. The first kappa shape index (κ1) is 20.5. The van der Waals surface area contributed by atoms with Gasteiger partial charge in [-0.3, -0.25) is 0 Å². The van der Waals surface area contributed by atoms with Gasteiger partial charge in [0.05, 0.1) is 13.0 Å². The number of fused-ring (bicyclic) bond motifs is 1. The highest BCUT2D eigenvalue weighted by atomic mass is 35.5. The van der Waals surface area contributed by atoms with Crippen LogP contribution in [0.1, 0.15) is 52.3 Å². The minimum atomic E-state index is -0.109. The molecule has 0 saturated heterocycles. The van der Waals surface area contributed by atoms with Gasteiger partial charge in [-0.15, -0.1) is 0 Å². The number of benzene rings is 1. The molecule has 0 radical (unpaired) electrons. The van der Waals surface area contributed by atoms with Crippen LogP contribution in [0.5, 0.6) is 0 Å². The lowest BCUT2D eigenvalue weighted by Crippen LogP contribution is -2.43. The summed E-state index contributed by atoms with van der Waals surface area (Å²) in [6, 6.07) is 7.92. The van der Waals surface area contributed by atoms with Crippen LogP contribution in [0, 0.1) is 17.8 Å². The quantitative estimate of drug-likeness (QED) is 0.506. The lowest BCUT2D eigenvalue weighted by molar-refractivity contribution is -0.692. The van der Waals surface area contributed by atoms with Gasteiger partial charge in [-0.05, 0) is 61.3 Å². The summed E-state index contributed by atoms with van der Waals surface area (Å²) >= 11 is 6.05. The number of carbonyl (C=O) groups is 1. The van der Waals surface area contributed by atoms with Gasteiger partial charge in [0.2, 0.25) is 0 Å². The van der Waals surface area contributed by atoms with Gasteiger partial charge >= 0.3 is 5.97 Å². The summed E-state index contributed by atoms with van der Waals surface area (Å²) in [5.41, 5.74) is 2.28. The molecule has 3 atom stereocenters. The SMILES string of the molecule is CC(C)[C@H]1CC[C@@H](C)C[C@@H]1OC(=O)C[n+]1cc(-c2ccc(Cl)cc2)n2c1CCC2. The Labute approximate surface area is 178 Å². The molecule has 1 aromatic carbocycles. The van der Waals surface area contributed by atoms with Crippen LogP contribution in [0.15, 0.2) is 30.5 Å². The van der Waals surface area contributed by atoms with Crippen LogP contribution >= 0.6 is 11.6 Å². The monoisotopic (exact) mass is 415 g/mol. The number of hydrogen-bond donors (Lipinski definition) is 0. The summed E-state index contributed by atoms with van der Waals surface area (Å²) in [5.74, 6) is 2.76. The molecule has 0 unspecified atom stereocenters. The Kier molecular flexibility index (Phi) is 6.00. The van der Waals surface area contributed by atoms with E-state index in [9.17, 15) is 4.79 Å². The highest BCUT2D eigenvalue weighted by Gasteiger charge is 2.35. The number of carbonyl (C=O) groups excluding carboxylic acids is 1. The molecule has 1 aliphatic carbocycles. The number of imidazole rings is 1. The topological polar surface area (TPSA) is 35.1 Å². The molecule has 1 aromatic heterocycles. The Morgan fingerprint density at radius 2 is 2.03 bits per heavy atom. The van der Waals surface area contributed by atoms with Crippen molar-refractivity contribution in [3.63, 3.8) is 0 Å². The number of halogens is 1. The smallest absolute Gasteiger partial charge is 0.348 e. The predicted octanol–water partition coefficient (Wildman–Crippen LogP) is 5.05. The van der Waals surface area contributed by atoms with Crippen LogP contribution in [0.3, 0.4) is 0 Å². The molecular weight excluding hydrogens is 384 g/mol. The van der Waals surface area contributed by atoms with E-state index in [0.717, 1.165) is 48.5 Å². The maximum atomic E-state index is 12.9. The van der Waals surface area contributed by atoms with Crippen LogP contribution in [0.25, 0.3) is 11.3 Å². The minimum absolute atomic E-state index is 0.0539. The van der Waals surface area contributed by atoms with E-state index in [1.54, 1.807) is 0 Å². The van der Waals surface area contributed by atoms with Crippen LogP contribution < -0.4 is 4.57 Å². The lowest BCUT2D eigenvalue weighted by Gasteiger charge is -2.36. The minimum Gasteiger partial charge on any atom is -0.459 e. The predicted molar refractivity (Wildman–Crippen MR) is 115 cm³/mol. The van der Waals surface area contributed by atoms with Crippen LogP contribution in [0.2, 0.25) is 5.02 Å². The summed E-state index contributed by atoms with van der Waals surface area (Å²) in [7, 11) is 0.